The van der Waals surface area contributed by atoms with Crippen molar-refractivity contribution >= 4 is 23.7 Å². The average molecular weight is 262 g/mol. The number of aliphatic hydroxyl groups is 1. The number of thioether (sulfide) groups is 1. The third-order valence-electron chi connectivity index (χ3n) is 3.08. The van der Waals surface area contributed by atoms with Crippen LogP contribution in [0, 0.1) is 5.92 Å². The van der Waals surface area contributed by atoms with Gasteiger partial charge in [-0.2, -0.15) is 0 Å². The number of carboxylic acid groups (broad SMARTS) is 1. The molecule has 0 aromatic carbocycles. The van der Waals surface area contributed by atoms with E-state index in [1.54, 1.807) is 0 Å². The Balaban J connectivity index is 2.29. The Labute approximate surface area is 105 Å². The zero-order chi connectivity index (χ0) is 12.9. The summed E-state index contributed by atoms with van der Waals surface area (Å²) in [6.45, 7) is 0. The molecule has 0 spiro atoms. The standard InChI is InChI=1S/C11H18O5S/c1-16-9(12)6-17-7-11(15)4-2-8(3-5-11)10(13)14/h8,15H,2-7H2,1H3,(H,13,14). The number of aliphatic carboxylic acids is 1. The molecule has 0 saturated heterocycles. The molecule has 98 valence electrons. The minimum Gasteiger partial charge on any atom is -0.481 e. The van der Waals surface area contributed by atoms with Gasteiger partial charge in [0.15, 0.2) is 0 Å². The molecular formula is C11H18O5S. The number of ether oxygens (including phenoxy) is 1. The fourth-order valence-corrected chi connectivity index (χ4v) is 2.98. The van der Waals surface area contributed by atoms with E-state index in [4.69, 9.17) is 5.11 Å². The van der Waals surface area contributed by atoms with Crippen LogP contribution in [0.25, 0.3) is 0 Å². The van der Waals surface area contributed by atoms with E-state index < -0.39 is 11.6 Å². The summed E-state index contributed by atoms with van der Waals surface area (Å²) in [4.78, 5) is 21.7. The third-order valence-corrected chi connectivity index (χ3v) is 4.27. The zero-order valence-corrected chi connectivity index (χ0v) is 10.7. The maximum Gasteiger partial charge on any atom is 0.315 e. The van der Waals surface area contributed by atoms with E-state index in [1.165, 1.54) is 18.9 Å². The molecular weight excluding hydrogens is 244 g/mol. The molecule has 0 unspecified atom stereocenters. The first-order chi connectivity index (χ1) is 7.97. The van der Waals surface area contributed by atoms with Crippen LogP contribution in [0.15, 0.2) is 0 Å². The molecule has 0 amide bonds. The molecule has 1 aliphatic carbocycles. The molecule has 0 aromatic rings. The van der Waals surface area contributed by atoms with Crippen molar-refractivity contribution in [2.24, 2.45) is 5.92 Å². The summed E-state index contributed by atoms with van der Waals surface area (Å²) in [6, 6.07) is 0. The van der Waals surface area contributed by atoms with Gasteiger partial charge in [-0.3, -0.25) is 9.59 Å². The summed E-state index contributed by atoms with van der Waals surface area (Å²) >= 11 is 1.33. The van der Waals surface area contributed by atoms with E-state index in [-0.39, 0.29) is 17.6 Å². The molecule has 0 heterocycles. The van der Waals surface area contributed by atoms with Gasteiger partial charge >= 0.3 is 11.9 Å². The number of esters is 1. The SMILES string of the molecule is COC(=O)CSCC1(O)CCC(C(=O)O)CC1. The van der Waals surface area contributed by atoms with Crippen molar-refractivity contribution in [3.05, 3.63) is 0 Å². The molecule has 5 nitrogen and oxygen atoms in total. The predicted octanol–water partition coefficient (Wildman–Crippen LogP) is 0.898. The number of methoxy groups -OCH3 is 1. The topological polar surface area (TPSA) is 83.8 Å². The van der Waals surface area contributed by atoms with Gasteiger partial charge in [0.2, 0.25) is 0 Å². The molecule has 2 N–H and O–H groups in total. The number of hydrogen-bond acceptors (Lipinski definition) is 5. The number of rotatable bonds is 5. The van der Waals surface area contributed by atoms with Crippen molar-refractivity contribution < 1.29 is 24.5 Å². The lowest BCUT2D eigenvalue weighted by molar-refractivity contribution is -0.144. The molecule has 1 fully saturated rings. The van der Waals surface area contributed by atoms with Gasteiger partial charge in [0.25, 0.3) is 0 Å². The van der Waals surface area contributed by atoms with E-state index in [9.17, 15) is 14.7 Å². The van der Waals surface area contributed by atoms with Crippen LogP contribution in [0.2, 0.25) is 0 Å². The second-order valence-electron chi connectivity index (χ2n) is 4.41. The van der Waals surface area contributed by atoms with Crippen LogP contribution >= 0.6 is 11.8 Å². The van der Waals surface area contributed by atoms with E-state index in [0.29, 0.717) is 31.4 Å². The summed E-state index contributed by atoms with van der Waals surface area (Å²) in [5.74, 6) is -0.747. The predicted molar refractivity (Wildman–Crippen MR) is 63.9 cm³/mol. The summed E-state index contributed by atoms with van der Waals surface area (Å²) in [5, 5.41) is 19.0. The number of carbonyl (C=O) groups excluding carboxylic acids is 1. The minimum atomic E-state index is -0.829. The van der Waals surface area contributed by atoms with Crippen LogP contribution in [0.5, 0.6) is 0 Å². The van der Waals surface area contributed by atoms with Gasteiger partial charge in [-0.15, -0.1) is 11.8 Å². The van der Waals surface area contributed by atoms with Crippen molar-refractivity contribution in [2.45, 2.75) is 31.3 Å². The molecule has 6 heteroatoms. The number of carbonyl (C=O) groups is 2. The highest BCUT2D eigenvalue weighted by atomic mass is 32.2. The maximum absolute atomic E-state index is 10.9. The van der Waals surface area contributed by atoms with Crippen molar-refractivity contribution in [2.75, 3.05) is 18.6 Å². The van der Waals surface area contributed by atoms with Gasteiger partial charge in [-0.25, -0.2) is 0 Å². The van der Waals surface area contributed by atoms with Crippen LogP contribution in [-0.4, -0.2) is 46.4 Å². The quantitative estimate of drug-likeness (QED) is 0.716. The highest BCUT2D eigenvalue weighted by Crippen LogP contribution is 2.34. The molecule has 0 bridgehead atoms. The van der Waals surface area contributed by atoms with Crippen molar-refractivity contribution in [1.29, 1.82) is 0 Å². The molecule has 17 heavy (non-hydrogen) atoms. The fourth-order valence-electron chi connectivity index (χ4n) is 1.93. The lowest BCUT2D eigenvalue weighted by Crippen LogP contribution is -2.38. The Morgan fingerprint density at radius 1 is 1.41 bits per heavy atom. The van der Waals surface area contributed by atoms with Crippen LogP contribution < -0.4 is 0 Å². The van der Waals surface area contributed by atoms with Gasteiger partial charge in [0.05, 0.1) is 24.4 Å². The van der Waals surface area contributed by atoms with E-state index >= 15 is 0 Å². The summed E-state index contributed by atoms with van der Waals surface area (Å²) in [5.41, 5.74) is -0.829. The Morgan fingerprint density at radius 3 is 2.47 bits per heavy atom. The second kappa shape index (κ2) is 6.26. The Morgan fingerprint density at radius 2 is 2.00 bits per heavy atom. The number of hydrogen-bond donors (Lipinski definition) is 2. The molecule has 1 saturated carbocycles. The van der Waals surface area contributed by atoms with Gasteiger partial charge in [-0.1, -0.05) is 0 Å². The Kier molecular flexibility index (Phi) is 5.27. The molecule has 1 aliphatic rings. The molecule has 0 atom stereocenters. The summed E-state index contributed by atoms with van der Waals surface area (Å²) in [6.07, 6.45) is 1.98. The van der Waals surface area contributed by atoms with Crippen LogP contribution in [0.3, 0.4) is 0 Å². The van der Waals surface area contributed by atoms with Crippen molar-refractivity contribution in [3.63, 3.8) is 0 Å². The van der Waals surface area contributed by atoms with E-state index in [0.717, 1.165) is 0 Å². The highest BCUT2D eigenvalue weighted by molar-refractivity contribution is 8.00. The summed E-state index contributed by atoms with van der Waals surface area (Å²) in [7, 11) is 1.33. The third kappa shape index (κ3) is 4.55. The number of carboxylic acids is 1. The highest BCUT2D eigenvalue weighted by Gasteiger charge is 2.35. The lowest BCUT2D eigenvalue weighted by atomic mass is 9.80. The normalized spacial score (nSPS) is 28.7. The zero-order valence-electron chi connectivity index (χ0n) is 9.85. The molecule has 0 aliphatic heterocycles. The van der Waals surface area contributed by atoms with Crippen molar-refractivity contribution in [1.82, 2.24) is 0 Å². The van der Waals surface area contributed by atoms with Gasteiger partial charge in [0, 0.05) is 5.75 Å². The van der Waals surface area contributed by atoms with Gasteiger partial charge in [-0.05, 0) is 25.7 Å². The second-order valence-corrected chi connectivity index (χ2v) is 5.39. The Hall–Kier alpha value is -0.750. The molecule has 0 radical (unpaired) electrons. The fraction of sp³-hybridized carbons (Fsp3) is 0.818. The van der Waals surface area contributed by atoms with Gasteiger partial charge < -0.3 is 14.9 Å². The minimum absolute atomic E-state index is 0.223. The van der Waals surface area contributed by atoms with Crippen LogP contribution in [0.1, 0.15) is 25.7 Å². The van der Waals surface area contributed by atoms with E-state index in [2.05, 4.69) is 4.74 Å². The smallest absolute Gasteiger partial charge is 0.315 e. The first-order valence-electron chi connectivity index (χ1n) is 5.56. The maximum atomic E-state index is 10.9. The van der Waals surface area contributed by atoms with Crippen molar-refractivity contribution in [3.8, 4) is 0 Å². The monoisotopic (exact) mass is 262 g/mol. The first kappa shape index (κ1) is 14.3. The molecule has 1 rings (SSSR count). The van der Waals surface area contributed by atoms with Gasteiger partial charge in [0.1, 0.15) is 0 Å². The molecule has 0 aromatic heterocycles. The first-order valence-corrected chi connectivity index (χ1v) is 6.72. The average Bonchev–Trinajstić information content (AvgIpc) is 2.29. The summed E-state index contributed by atoms with van der Waals surface area (Å²) < 4.78 is 4.50. The van der Waals surface area contributed by atoms with Crippen LogP contribution in [-0.2, 0) is 14.3 Å². The van der Waals surface area contributed by atoms with Crippen LogP contribution in [0.4, 0.5) is 0 Å². The largest absolute Gasteiger partial charge is 0.481 e. The lowest BCUT2D eigenvalue weighted by Gasteiger charge is -2.34. The van der Waals surface area contributed by atoms with E-state index in [1.807, 2.05) is 0 Å². The Bertz CT molecular complexity index is 284.